The van der Waals surface area contributed by atoms with Gasteiger partial charge in [-0.15, -0.1) is 11.8 Å². The van der Waals surface area contributed by atoms with Gasteiger partial charge in [-0.3, -0.25) is 4.79 Å². The number of piperazine rings is 1. The molecule has 1 amide bonds. The van der Waals surface area contributed by atoms with Gasteiger partial charge < -0.3 is 9.80 Å². The summed E-state index contributed by atoms with van der Waals surface area (Å²) in [5.41, 5.74) is 4.81. The Balaban J connectivity index is 1.49. The molecule has 2 aromatic carbocycles. The van der Waals surface area contributed by atoms with E-state index in [1.807, 2.05) is 23.1 Å². The van der Waals surface area contributed by atoms with Crippen molar-refractivity contribution in [2.75, 3.05) is 36.8 Å². The summed E-state index contributed by atoms with van der Waals surface area (Å²) in [6, 6.07) is 11.9. The molecule has 1 aliphatic rings. The van der Waals surface area contributed by atoms with E-state index in [-0.39, 0.29) is 5.91 Å². The van der Waals surface area contributed by atoms with Gasteiger partial charge in [-0.1, -0.05) is 41.4 Å². The van der Waals surface area contributed by atoms with E-state index in [0.29, 0.717) is 21.6 Å². The van der Waals surface area contributed by atoms with E-state index in [1.54, 1.807) is 11.8 Å². The number of amides is 1. The van der Waals surface area contributed by atoms with Crippen molar-refractivity contribution in [2.45, 2.75) is 19.6 Å². The van der Waals surface area contributed by atoms with Gasteiger partial charge in [0.1, 0.15) is 0 Å². The van der Waals surface area contributed by atoms with Crippen LogP contribution in [0.25, 0.3) is 0 Å². The Hall–Kier alpha value is -1.36. The first kappa shape index (κ1) is 20.4. The third-order valence-corrected chi connectivity index (χ3v) is 6.73. The summed E-state index contributed by atoms with van der Waals surface area (Å²) < 4.78 is 0. The van der Waals surface area contributed by atoms with E-state index in [9.17, 15) is 4.79 Å². The van der Waals surface area contributed by atoms with Crippen LogP contribution in [0.5, 0.6) is 0 Å². The van der Waals surface area contributed by atoms with Crippen LogP contribution in [-0.2, 0) is 10.5 Å². The van der Waals surface area contributed by atoms with Crippen LogP contribution in [0.3, 0.4) is 0 Å². The predicted molar refractivity (Wildman–Crippen MR) is 117 cm³/mol. The van der Waals surface area contributed by atoms with Gasteiger partial charge in [0.05, 0.1) is 5.75 Å². The highest BCUT2D eigenvalue weighted by Crippen LogP contribution is 2.28. The predicted octanol–water partition coefficient (Wildman–Crippen LogP) is 5.19. The Bertz CT molecular complexity index is 800. The zero-order chi connectivity index (χ0) is 19.4. The maximum atomic E-state index is 12.5. The van der Waals surface area contributed by atoms with Crippen molar-refractivity contribution in [1.82, 2.24) is 4.90 Å². The molecule has 1 saturated heterocycles. The van der Waals surface area contributed by atoms with Crippen LogP contribution >= 0.6 is 35.0 Å². The molecule has 0 radical (unpaired) electrons. The molecule has 0 saturated carbocycles. The lowest BCUT2D eigenvalue weighted by Crippen LogP contribution is -2.49. The summed E-state index contributed by atoms with van der Waals surface area (Å²) in [6.07, 6.45) is 0. The van der Waals surface area contributed by atoms with Crippen molar-refractivity contribution in [2.24, 2.45) is 0 Å². The zero-order valence-electron chi connectivity index (χ0n) is 15.7. The van der Waals surface area contributed by atoms with Gasteiger partial charge in [-0.25, -0.2) is 0 Å². The number of hydrogen-bond acceptors (Lipinski definition) is 3. The van der Waals surface area contributed by atoms with Crippen LogP contribution in [0.1, 0.15) is 16.7 Å². The Morgan fingerprint density at radius 3 is 2.30 bits per heavy atom. The van der Waals surface area contributed by atoms with Crippen LogP contribution in [-0.4, -0.2) is 42.7 Å². The van der Waals surface area contributed by atoms with Gasteiger partial charge in [0, 0.05) is 47.7 Å². The van der Waals surface area contributed by atoms with Crippen molar-refractivity contribution in [3.05, 3.63) is 63.1 Å². The van der Waals surface area contributed by atoms with Crippen LogP contribution in [0.4, 0.5) is 5.69 Å². The Kier molecular flexibility index (Phi) is 6.96. The lowest BCUT2D eigenvalue weighted by atomic mass is 10.1. The second-order valence-electron chi connectivity index (χ2n) is 6.78. The molecule has 27 heavy (non-hydrogen) atoms. The molecule has 0 atom stereocenters. The number of anilines is 1. The van der Waals surface area contributed by atoms with E-state index < -0.39 is 0 Å². The first-order valence-electron chi connectivity index (χ1n) is 9.07. The SMILES string of the molecule is Cc1cccc(N2CCN(C(=O)CSCc3c(Cl)cccc3Cl)CC2)c1C. The topological polar surface area (TPSA) is 23.6 Å². The van der Waals surface area contributed by atoms with Crippen molar-refractivity contribution in [1.29, 1.82) is 0 Å². The summed E-state index contributed by atoms with van der Waals surface area (Å²) >= 11 is 14.0. The Labute approximate surface area is 175 Å². The zero-order valence-corrected chi connectivity index (χ0v) is 18.0. The molecule has 1 heterocycles. The molecule has 2 aromatic rings. The third-order valence-electron chi connectivity index (χ3n) is 5.08. The molecule has 0 bridgehead atoms. The minimum Gasteiger partial charge on any atom is -0.368 e. The van der Waals surface area contributed by atoms with Crippen LogP contribution in [0, 0.1) is 13.8 Å². The maximum Gasteiger partial charge on any atom is 0.232 e. The quantitative estimate of drug-likeness (QED) is 0.661. The lowest BCUT2D eigenvalue weighted by molar-refractivity contribution is -0.128. The molecule has 0 spiro atoms. The van der Waals surface area contributed by atoms with Gasteiger partial charge in [-0.05, 0) is 48.7 Å². The molecule has 1 fully saturated rings. The fraction of sp³-hybridized carbons (Fsp3) is 0.381. The molecular formula is C21H24Cl2N2OS. The molecule has 144 valence electrons. The van der Waals surface area contributed by atoms with E-state index >= 15 is 0 Å². The second kappa shape index (κ2) is 9.22. The number of aryl methyl sites for hydroxylation is 1. The number of benzene rings is 2. The molecule has 1 aliphatic heterocycles. The summed E-state index contributed by atoms with van der Waals surface area (Å²) in [4.78, 5) is 16.9. The minimum atomic E-state index is 0.184. The first-order valence-corrected chi connectivity index (χ1v) is 11.0. The van der Waals surface area contributed by atoms with E-state index in [0.717, 1.165) is 31.7 Å². The van der Waals surface area contributed by atoms with Gasteiger partial charge in [0.15, 0.2) is 0 Å². The average molecular weight is 423 g/mol. The van der Waals surface area contributed by atoms with Crippen LogP contribution in [0.2, 0.25) is 10.0 Å². The standard InChI is InChI=1S/C21H24Cl2N2OS/c1-15-5-3-8-20(16(15)2)24-9-11-25(12-10-24)21(26)14-27-13-17-18(22)6-4-7-19(17)23/h3-8H,9-14H2,1-2H3. The minimum absolute atomic E-state index is 0.184. The average Bonchev–Trinajstić information content (AvgIpc) is 2.66. The highest BCUT2D eigenvalue weighted by molar-refractivity contribution is 7.99. The number of nitrogens with zero attached hydrogens (tertiary/aromatic N) is 2. The third kappa shape index (κ3) is 4.92. The highest BCUT2D eigenvalue weighted by atomic mass is 35.5. The molecule has 0 unspecified atom stereocenters. The number of halogens is 2. The smallest absolute Gasteiger partial charge is 0.232 e. The van der Waals surface area contributed by atoms with Gasteiger partial charge in [-0.2, -0.15) is 0 Å². The summed E-state index contributed by atoms with van der Waals surface area (Å²) in [7, 11) is 0. The second-order valence-corrected chi connectivity index (χ2v) is 8.58. The van der Waals surface area contributed by atoms with E-state index in [1.165, 1.54) is 16.8 Å². The number of thioether (sulfide) groups is 1. The molecule has 3 nitrogen and oxygen atoms in total. The van der Waals surface area contributed by atoms with Crippen LogP contribution in [0.15, 0.2) is 36.4 Å². The van der Waals surface area contributed by atoms with Crippen molar-refractivity contribution >= 4 is 46.6 Å². The number of hydrogen-bond donors (Lipinski definition) is 0. The van der Waals surface area contributed by atoms with E-state index in [2.05, 4.69) is 36.9 Å². The summed E-state index contributed by atoms with van der Waals surface area (Å²) in [5.74, 6) is 1.28. The summed E-state index contributed by atoms with van der Waals surface area (Å²) in [6.45, 7) is 7.58. The molecular weight excluding hydrogens is 399 g/mol. The van der Waals surface area contributed by atoms with E-state index in [4.69, 9.17) is 23.2 Å². The number of carbonyl (C=O) groups is 1. The number of rotatable bonds is 5. The molecule has 6 heteroatoms. The Morgan fingerprint density at radius 1 is 1.00 bits per heavy atom. The van der Waals surface area contributed by atoms with Crippen molar-refractivity contribution in [3.8, 4) is 0 Å². The summed E-state index contributed by atoms with van der Waals surface area (Å²) in [5, 5.41) is 1.31. The maximum absolute atomic E-state index is 12.5. The molecule has 0 aromatic heterocycles. The largest absolute Gasteiger partial charge is 0.368 e. The highest BCUT2D eigenvalue weighted by Gasteiger charge is 2.22. The lowest BCUT2D eigenvalue weighted by Gasteiger charge is -2.37. The van der Waals surface area contributed by atoms with Crippen molar-refractivity contribution < 1.29 is 4.79 Å². The van der Waals surface area contributed by atoms with Gasteiger partial charge in [0.2, 0.25) is 5.91 Å². The number of carbonyl (C=O) groups excluding carboxylic acids is 1. The van der Waals surface area contributed by atoms with Gasteiger partial charge in [0.25, 0.3) is 0 Å². The van der Waals surface area contributed by atoms with Crippen molar-refractivity contribution in [3.63, 3.8) is 0 Å². The first-order chi connectivity index (χ1) is 13.0. The normalized spacial score (nSPS) is 14.5. The Morgan fingerprint density at radius 2 is 1.63 bits per heavy atom. The monoisotopic (exact) mass is 422 g/mol. The molecule has 0 aliphatic carbocycles. The van der Waals surface area contributed by atoms with Gasteiger partial charge >= 0.3 is 0 Å². The fourth-order valence-corrected chi connectivity index (χ4v) is 4.94. The van der Waals surface area contributed by atoms with Crippen LogP contribution < -0.4 is 4.90 Å². The fourth-order valence-electron chi connectivity index (χ4n) is 3.28. The molecule has 0 N–H and O–H groups in total. The molecule has 3 rings (SSSR count).